The molecule has 0 spiro atoms. The van der Waals surface area contributed by atoms with Crippen LogP contribution in [0.4, 0.5) is 5.69 Å². The van der Waals surface area contributed by atoms with Gasteiger partial charge in [0.2, 0.25) is 0 Å². The van der Waals surface area contributed by atoms with E-state index in [4.69, 9.17) is 14.7 Å². The van der Waals surface area contributed by atoms with Crippen LogP contribution in [0, 0.1) is 21.4 Å². The Morgan fingerprint density at radius 1 is 1.59 bits per heavy atom. The number of benzene rings is 1. The van der Waals surface area contributed by atoms with Crippen molar-refractivity contribution in [3.8, 4) is 11.8 Å². The number of hydrogen-bond acceptors (Lipinski definition) is 5. The van der Waals surface area contributed by atoms with Crippen LogP contribution in [0.3, 0.4) is 0 Å². The third-order valence-electron chi connectivity index (χ3n) is 2.49. The first-order valence-electron chi connectivity index (χ1n) is 5.14. The van der Waals surface area contributed by atoms with Gasteiger partial charge in [0.25, 0.3) is 5.69 Å². The maximum atomic E-state index is 10.7. The van der Waals surface area contributed by atoms with Gasteiger partial charge in [0.1, 0.15) is 17.9 Å². The summed E-state index contributed by atoms with van der Waals surface area (Å²) in [5, 5.41) is 19.7. The van der Waals surface area contributed by atoms with Crippen molar-refractivity contribution >= 4 is 5.69 Å². The first kappa shape index (κ1) is 11.4. The Bertz CT molecular complexity index is 475. The highest BCUT2D eigenvalue weighted by atomic mass is 16.6. The van der Waals surface area contributed by atoms with Gasteiger partial charge in [-0.05, 0) is 6.07 Å². The molecular weight excluding hydrogens is 224 g/mol. The molecule has 0 N–H and O–H groups in total. The van der Waals surface area contributed by atoms with Crippen LogP contribution in [-0.4, -0.2) is 24.2 Å². The molecule has 1 fully saturated rings. The van der Waals surface area contributed by atoms with E-state index in [-0.39, 0.29) is 23.1 Å². The highest BCUT2D eigenvalue weighted by Gasteiger charge is 2.23. The molecule has 1 aliphatic rings. The second-order valence-corrected chi connectivity index (χ2v) is 3.62. The summed E-state index contributed by atoms with van der Waals surface area (Å²) in [7, 11) is 0. The zero-order chi connectivity index (χ0) is 12.3. The predicted octanol–water partition coefficient (Wildman–Crippen LogP) is 1.63. The lowest BCUT2D eigenvalue weighted by molar-refractivity contribution is -0.385. The Hall–Kier alpha value is -2.13. The van der Waals surface area contributed by atoms with E-state index in [0.29, 0.717) is 13.2 Å². The summed E-state index contributed by atoms with van der Waals surface area (Å²) in [5.41, 5.74) is -0.270. The Kier molecular flexibility index (Phi) is 3.21. The third kappa shape index (κ3) is 2.34. The highest BCUT2D eigenvalue weighted by Crippen LogP contribution is 2.29. The minimum atomic E-state index is -0.587. The normalized spacial score (nSPS) is 18.6. The first-order chi connectivity index (χ1) is 8.22. The lowest BCUT2D eigenvalue weighted by Crippen LogP contribution is -2.16. The maximum Gasteiger partial charge on any atom is 0.290 e. The van der Waals surface area contributed by atoms with E-state index in [1.54, 1.807) is 6.07 Å². The number of rotatable bonds is 3. The van der Waals surface area contributed by atoms with Crippen molar-refractivity contribution in [3.05, 3.63) is 33.9 Å². The Balaban J connectivity index is 2.30. The van der Waals surface area contributed by atoms with Crippen molar-refractivity contribution in [2.45, 2.75) is 12.5 Å². The van der Waals surface area contributed by atoms with Crippen molar-refractivity contribution in [1.82, 2.24) is 0 Å². The van der Waals surface area contributed by atoms with Gasteiger partial charge < -0.3 is 9.47 Å². The molecule has 17 heavy (non-hydrogen) atoms. The molecular formula is C11H10N2O4. The minimum Gasteiger partial charge on any atom is -0.486 e. The van der Waals surface area contributed by atoms with E-state index in [1.807, 2.05) is 6.07 Å². The van der Waals surface area contributed by atoms with Gasteiger partial charge in [0.15, 0.2) is 5.56 Å². The molecule has 1 unspecified atom stereocenters. The van der Waals surface area contributed by atoms with Crippen molar-refractivity contribution in [2.75, 3.05) is 13.2 Å². The van der Waals surface area contributed by atoms with Crippen LogP contribution in [0.25, 0.3) is 0 Å². The topological polar surface area (TPSA) is 85.4 Å². The van der Waals surface area contributed by atoms with E-state index < -0.39 is 4.92 Å². The summed E-state index contributed by atoms with van der Waals surface area (Å²) in [6, 6.07) is 6.16. The number of nitro groups is 1. The predicted molar refractivity (Wildman–Crippen MR) is 57.7 cm³/mol. The van der Waals surface area contributed by atoms with Gasteiger partial charge in [-0.2, -0.15) is 5.26 Å². The Morgan fingerprint density at radius 3 is 3.00 bits per heavy atom. The average molecular weight is 234 g/mol. The number of nitro benzene ring substituents is 1. The summed E-state index contributed by atoms with van der Waals surface area (Å²) < 4.78 is 10.7. The summed E-state index contributed by atoms with van der Waals surface area (Å²) in [6.45, 7) is 1.06. The average Bonchev–Trinajstić information content (AvgIpc) is 2.81. The van der Waals surface area contributed by atoms with Crippen LogP contribution in [0.15, 0.2) is 18.2 Å². The molecule has 6 heteroatoms. The van der Waals surface area contributed by atoms with Crippen LogP contribution in [0.1, 0.15) is 12.0 Å². The Labute approximate surface area is 97.5 Å². The van der Waals surface area contributed by atoms with Crippen molar-refractivity contribution in [2.24, 2.45) is 0 Å². The summed E-state index contributed by atoms with van der Waals surface area (Å²) >= 11 is 0. The number of hydrogen-bond donors (Lipinski definition) is 0. The van der Waals surface area contributed by atoms with E-state index in [1.165, 1.54) is 12.1 Å². The molecule has 0 aromatic heterocycles. The summed E-state index contributed by atoms with van der Waals surface area (Å²) in [4.78, 5) is 10.2. The maximum absolute atomic E-state index is 10.7. The number of nitrogens with zero attached hydrogens (tertiary/aromatic N) is 2. The fraction of sp³-hybridized carbons (Fsp3) is 0.364. The molecule has 0 aliphatic carbocycles. The first-order valence-corrected chi connectivity index (χ1v) is 5.14. The van der Waals surface area contributed by atoms with E-state index in [9.17, 15) is 10.1 Å². The largest absolute Gasteiger partial charge is 0.486 e. The van der Waals surface area contributed by atoms with Gasteiger partial charge in [-0.15, -0.1) is 0 Å². The smallest absolute Gasteiger partial charge is 0.290 e. The van der Waals surface area contributed by atoms with Crippen LogP contribution >= 0.6 is 0 Å². The van der Waals surface area contributed by atoms with Gasteiger partial charge in [-0.3, -0.25) is 10.1 Å². The molecule has 1 saturated heterocycles. The fourth-order valence-corrected chi connectivity index (χ4v) is 1.67. The van der Waals surface area contributed by atoms with Gasteiger partial charge in [-0.25, -0.2) is 0 Å². The molecule has 0 amide bonds. The summed E-state index contributed by atoms with van der Waals surface area (Å²) in [6.07, 6.45) is 0.595. The fourth-order valence-electron chi connectivity index (χ4n) is 1.67. The molecule has 1 aliphatic heterocycles. The molecule has 0 radical (unpaired) electrons. The molecule has 1 atom stereocenters. The van der Waals surface area contributed by atoms with Crippen LogP contribution in [-0.2, 0) is 4.74 Å². The summed E-state index contributed by atoms with van der Waals surface area (Å²) in [5.74, 6) is 0.247. The molecule has 1 heterocycles. The molecule has 0 saturated carbocycles. The highest BCUT2D eigenvalue weighted by molar-refractivity contribution is 5.56. The zero-order valence-corrected chi connectivity index (χ0v) is 8.96. The second-order valence-electron chi connectivity index (χ2n) is 3.62. The van der Waals surface area contributed by atoms with Crippen LogP contribution in [0.5, 0.6) is 5.75 Å². The van der Waals surface area contributed by atoms with Crippen molar-refractivity contribution < 1.29 is 14.4 Å². The molecule has 1 aromatic carbocycles. The quantitative estimate of drug-likeness (QED) is 0.586. The van der Waals surface area contributed by atoms with Gasteiger partial charge >= 0.3 is 0 Å². The van der Waals surface area contributed by atoms with E-state index in [0.717, 1.165) is 6.42 Å². The number of nitriles is 1. The van der Waals surface area contributed by atoms with Gasteiger partial charge in [0.05, 0.1) is 18.1 Å². The molecule has 6 nitrogen and oxygen atoms in total. The molecule has 88 valence electrons. The van der Waals surface area contributed by atoms with Crippen molar-refractivity contribution in [1.29, 1.82) is 5.26 Å². The van der Waals surface area contributed by atoms with E-state index >= 15 is 0 Å². The lowest BCUT2D eigenvalue weighted by atomic mass is 10.1. The van der Waals surface area contributed by atoms with Gasteiger partial charge in [-0.1, -0.05) is 6.07 Å². The Morgan fingerprint density at radius 2 is 2.41 bits per heavy atom. The van der Waals surface area contributed by atoms with Gasteiger partial charge in [0, 0.05) is 12.5 Å². The third-order valence-corrected chi connectivity index (χ3v) is 2.49. The second kappa shape index (κ2) is 4.80. The van der Waals surface area contributed by atoms with Crippen LogP contribution < -0.4 is 4.74 Å². The molecule has 2 rings (SSSR count). The SMILES string of the molecule is N#Cc1c(OC2CCOC2)cccc1[N+](=O)[O-]. The minimum absolute atomic E-state index is 0.0376. The zero-order valence-electron chi connectivity index (χ0n) is 8.96. The molecule has 0 bridgehead atoms. The number of ether oxygens (including phenoxy) is 2. The molecule has 1 aromatic rings. The van der Waals surface area contributed by atoms with Crippen LogP contribution in [0.2, 0.25) is 0 Å². The monoisotopic (exact) mass is 234 g/mol. The van der Waals surface area contributed by atoms with Crippen molar-refractivity contribution in [3.63, 3.8) is 0 Å². The lowest BCUT2D eigenvalue weighted by Gasteiger charge is -2.12. The standard InChI is InChI=1S/C11H10N2O4/c12-6-9-10(13(14)15)2-1-3-11(9)17-8-4-5-16-7-8/h1-3,8H,4-5,7H2. The van der Waals surface area contributed by atoms with E-state index in [2.05, 4.69) is 0 Å².